The molecule has 0 aliphatic rings. The third-order valence-corrected chi connectivity index (χ3v) is 2.93. The number of aromatic nitrogens is 2. The number of nitrogens with zero attached hydrogens (tertiary/aromatic N) is 2. The Kier molecular flexibility index (Phi) is 4.44. The molecule has 1 aromatic carbocycles. The number of rotatable bonds is 5. The SMILES string of the molecule is CC(Cn1cccn1)NC(c1ccccc1)C(F)(F)F. The van der Waals surface area contributed by atoms with Gasteiger partial charge < -0.3 is 0 Å². The van der Waals surface area contributed by atoms with E-state index in [9.17, 15) is 13.2 Å². The average Bonchev–Trinajstić information content (AvgIpc) is 2.88. The molecule has 0 fully saturated rings. The van der Waals surface area contributed by atoms with E-state index in [1.54, 1.807) is 48.3 Å². The van der Waals surface area contributed by atoms with Gasteiger partial charge in [0.25, 0.3) is 0 Å². The highest BCUT2D eigenvalue weighted by Gasteiger charge is 2.41. The molecule has 2 aromatic rings. The van der Waals surface area contributed by atoms with Gasteiger partial charge in [0.05, 0.1) is 6.54 Å². The van der Waals surface area contributed by atoms with E-state index in [1.165, 1.54) is 12.1 Å². The topological polar surface area (TPSA) is 29.9 Å². The van der Waals surface area contributed by atoms with Crippen molar-refractivity contribution in [3.8, 4) is 0 Å². The van der Waals surface area contributed by atoms with Gasteiger partial charge in [-0.1, -0.05) is 30.3 Å². The highest BCUT2D eigenvalue weighted by atomic mass is 19.4. The Morgan fingerprint density at radius 2 is 1.90 bits per heavy atom. The summed E-state index contributed by atoms with van der Waals surface area (Å²) >= 11 is 0. The number of halogens is 3. The van der Waals surface area contributed by atoms with Gasteiger partial charge in [-0.15, -0.1) is 0 Å². The van der Waals surface area contributed by atoms with Gasteiger partial charge in [-0.2, -0.15) is 18.3 Å². The predicted molar refractivity (Wildman–Crippen MR) is 70.1 cm³/mol. The molecule has 0 amide bonds. The average molecular weight is 283 g/mol. The molecule has 0 radical (unpaired) electrons. The monoisotopic (exact) mass is 283 g/mol. The van der Waals surface area contributed by atoms with Crippen molar-refractivity contribution in [3.05, 3.63) is 54.4 Å². The quantitative estimate of drug-likeness (QED) is 0.913. The summed E-state index contributed by atoms with van der Waals surface area (Å²) in [6.07, 6.45) is -1.01. The van der Waals surface area contributed by atoms with E-state index in [4.69, 9.17) is 0 Å². The van der Waals surface area contributed by atoms with Crippen LogP contribution in [-0.4, -0.2) is 22.0 Å². The predicted octanol–water partition coefficient (Wildman–Crippen LogP) is 3.16. The molecule has 1 heterocycles. The van der Waals surface area contributed by atoms with Crippen LogP contribution in [0.2, 0.25) is 0 Å². The van der Waals surface area contributed by atoms with E-state index in [1.807, 2.05) is 0 Å². The fraction of sp³-hybridized carbons (Fsp3) is 0.357. The molecule has 20 heavy (non-hydrogen) atoms. The van der Waals surface area contributed by atoms with E-state index in [0.29, 0.717) is 6.54 Å². The maximum Gasteiger partial charge on any atom is 0.407 e. The minimum Gasteiger partial charge on any atom is -0.298 e. The standard InChI is InChI=1S/C14H16F3N3/c1-11(10-20-9-5-8-18-20)19-13(14(15,16)17)12-6-3-2-4-7-12/h2-9,11,13,19H,10H2,1H3. The number of nitrogens with one attached hydrogen (secondary N) is 1. The summed E-state index contributed by atoms with van der Waals surface area (Å²) in [6, 6.07) is 7.57. The molecule has 2 unspecified atom stereocenters. The Morgan fingerprint density at radius 1 is 1.20 bits per heavy atom. The lowest BCUT2D eigenvalue weighted by Crippen LogP contribution is -2.41. The van der Waals surface area contributed by atoms with Gasteiger partial charge in [0.2, 0.25) is 0 Å². The zero-order chi connectivity index (χ0) is 14.6. The molecular weight excluding hydrogens is 267 g/mol. The third-order valence-electron chi connectivity index (χ3n) is 2.93. The molecule has 6 heteroatoms. The van der Waals surface area contributed by atoms with Crippen LogP contribution in [0.15, 0.2) is 48.8 Å². The molecule has 1 aromatic heterocycles. The Morgan fingerprint density at radius 3 is 2.45 bits per heavy atom. The highest BCUT2D eigenvalue weighted by Crippen LogP contribution is 2.32. The van der Waals surface area contributed by atoms with Gasteiger partial charge in [-0.05, 0) is 18.6 Å². The van der Waals surface area contributed by atoms with Crippen molar-refractivity contribution in [3.63, 3.8) is 0 Å². The molecule has 3 nitrogen and oxygen atoms in total. The summed E-state index contributed by atoms with van der Waals surface area (Å²) in [5.41, 5.74) is 0.215. The lowest BCUT2D eigenvalue weighted by atomic mass is 10.1. The van der Waals surface area contributed by atoms with Gasteiger partial charge in [0, 0.05) is 18.4 Å². The molecule has 2 atom stereocenters. The van der Waals surface area contributed by atoms with Crippen LogP contribution in [0.5, 0.6) is 0 Å². The maximum atomic E-state index is 13.2. The fourth-order valence-electron chi connectivity index (χ4n) is 2.05. The largest absolute Gasteiger partial charge is 0.407 e. The van der Waals surface area contributed by atoms with Crippen LogP contribution in [-0.2, 0) is 6.54 Å². The minimum atomic E-state index is -4.33. The second-order valence-corrected chi connectivity index (χ2v) is 4.68. The van der Waals surface area contributed by atoms with Gasteiger partial charge in [-0.3, -0.25) is 10.00 Å². The maximum absolute atomic E-state index is 13.2. The molecule has 0 saturated heterocycles. The lowest BCUT2D eigenvalue weighted by molar-refractivity contribution is -0.159. The molecule has 0 bridgehead atoms. The second kappa shape index (κ2) is 6.09. The Labute approximate surface area is 115 Å². The Hall–Kier alpha value is -1.82. The molecule has 0 spiro atoms. The van der Waals surface area contributed by atoms with Crippen molar-refractivity contribution in [1.82, 2.24) is 15.1 Å². The van der Waals surface area contributed by atoms with Crippen molar-refractivity contribution >= 4 is 0 Å². The summed E-state index contributed by atoms with van der Waals surface area (Å²) in [5, 5.41) is 6.62. The van der Waals surface area contributed by atoms with Crippen LogP contribution >= 0.6 is 0 Å². The van der Waals surface area contributed by atoms with E-state index in [0.717, 1.165) is 0 Å². The highest BCUT2D eigenvalue weighted by molar-refractivity contribution is 5.20. The van der Waals surface area contributed by atoms with Crippen molar-refractivity contribution in [2.45, 2.75) is 31.7 Å². The number of alkyl halides is 3. The molecule has 0 aliphatic heterocycles. The number of hydrogen-bond donors (Lipinski definition) is 1. The number of hydrogen-bond acceptors (Lipinski definition) is 2. The van der Waals surface area contributed by atoms with Gasteiger partial charge in [0.15, 0.2) is 0 Å². The van der Waals surface area contributed by atoms with Crippen LogP contribution < -0.4 is 5.32 Å². The fourth-order valence-corrected chi connectivity index (χ4v) is 2.05. The van der Waals surface area contributed by atoms with Gasteiger partial charge in [-0.25, -0.2) is 0 Å². The third kappa shape index (κ3) is 3.84. The van der Waals surface area contributed by atoms with Crippen LogP contribution in [0.3, 0.4) is 0 Å². The molecule has 0 aliphatic carbocycles. The second-order valence-electron chi connectivity index (χ2n) is 4.68. The van der Waals surface area contributed by atoms with Crippen molar-refractivity contribution in [2.24, 2.45) is 0 Å². The van der Waals surface area contributed by atoms with Crippen molar-refractivity contribution in [2.75, 3.05) is 0 Å². The van der Waals surface area contributed by atoms with Crippen LogP contribution in [0.4, 0.5) is 13.2 Å². The zero-order valence-electron chi connectivity index (χ0n) is 11.0. The van der Waals surface area contributed by atoms with Crippen LogP contribution in [0, 0.1) is 0 Å². The summed E-state index contributed by atoms with van der Waals surface area (Å²) in [7, 11) is 0. The molecule has 0 saturated carbocycles. The zero-order valence-corrected chi connectivity index (χ0v) is 11.0. The Bertz CT molecular complexity index is 508. The normalized spacial score (nSPS) is 15.0. The minimum absolute atomic E-state index is 0.215. The summed E-state index contributed by atoms with van der Waals surface area (Å²) in [6.45, 7) is 2.09. The van der Waals surface area contributed by atoms with E-state index in [2.05, 4.69) is 10.4 Å². The first-order valence-corrected chi connectivity index (χ1v) is 6.32. The van der Waals surface area contributed by atoms with Crippen molar-refractivity contribution in [1.29, 1.82) is 0 Å². The summed E-state index contributed by atoms with van der Waals surface area (Å²) in [5.74, 6) is 0. The van der Waals surface area contributed by atoms with E-state index in [-0.39, 0.29) is 11.6 Å². The molecule has 2 rings (SSSR count). The molecule has 1 N–H and O–H groups in total. The van der Waals surface area contributed by atoms with E-state index >= 15 is 0 Å². The Balaban J connectivity index is 2.09. The first-order chi connectivity index (χ1) is 9.47. The first-order valence-electron chi connectivity index (χ1n) is 6.32. The molecule has 108 valence electrons. The first kappa shape index (κ1) is 14.6. The smallest absolute Gasteiger partial charge is 0.298 e. The summed E-state index contributed by atoms with van der Waals surface area (Å²) in [4.78, 5) is 0. The van der Waals surface area contributed by atoms with Gasteiger partial charge >= 0.3 is 6.18 Å². The summed E-state index contributed by atoms with van der Waals surface area (Å²) < 4.78 is 41.1. The van der Waals surface area contributed by atoms with Crippen LogP contribution in [0.25, 0.3) is 0 Å². The van der Waals surface area contributed by atoms with Crippen LogP contribution in [0.1, 0.15) is 18.5 Å². The molecular formula is C14H16F3N3. The number of benzene rings is 1. The lowest BCUT2D eigenvalue weighted by Gasteiger charge is -2.26. The van der Waals surface area contributed by atoms with E-state index < -0.39 is 12.2 Å². The van der Waals surface area contributed by atoms with Gasteiger partial charge in [0.1, 0.15) is 6.04 Å². The van der Waals surface area contributed by atoms with Crippen molar-refractivity contribution < 1.29 is 13.2 Å².